The number of rotatable bonds is 6. The van der Waals surface area contributed by atoms with E-state index in [1.165, 1.54) is 0 Å². The summed E-state index contributed by atoms with van der Waals surface area (Å²) in [4.78, 5) is 26.8. The van der Waals surface area contributed by atoms with Gasteiger partial charge in [-0.1, -0.05) is 13.0 Å². The third-order valence-corrected chi connectivity index (χ3v) is 4.19. The molecular weight excluding hydrogens is 296 g/mol. The van der Waals surface area contributed by atoms with Crippen molar-refractivity contribution < 1.29 is 19.1 Å². The van der Waals surface area contributed by atoms with Crippen LogP contribution in [0.5, 0.6) is 11.5 Å². The van der Waals surface area contributed by atoms with Gasteiger partial charge in [0, 0.05) is 32.1 Å². The van der Waals surface area contributed by atoms with Gasteiger partial charge in [0.25, 0.3) is 0 Å². The van der Waals surface area contributed by atoms with Gasteiger partial charge >= 0.3 is 0 Å². The van der Waals surface area contributed by atoms with Gasteiger partial charge in [-0.2, -0.15) is 0 Å². The van der Waals surface area contributed by atoms with Crippen molar-refractivity contribution in [1.29, 1.82) is 0 Å². The summed E-state index contributed by atoms with van der Waals surface area (Å²) in [6.07, 6.45) is 1.49. The van der Waals surface area contributed by atoms with E-state index in [1.54, 1.807) is 19.1 Å². The highest BCUT2D eigenvalue weighted by molar-refractivity contribution is 5.79. The zero-order valence-electron chi connectivity index (χ0n) is 13.9. The van der Waals surface area contributed by atoms with Crippen molar-refractivity contribution in [3.05, 3.63) is 23.8 Å². The summed E-state index contributed by atoms with van der Waals surface area (Å²) in [6.45, 7) is 4.36. The van der Waals surface area contributed by atoms with Crippen LogP contribution in [0.2, 0.25) is 0 Å². The molecule has 0 saturated carbocycles. The molecule has 0 spiro atoms. The fourth-order valence-corrected chi connectivity index (χ4v) is 2.81. The normalized spacial score (nSPS) is 16.0. The molecular formula is C17H24N2O4. The second-order valence-electron chi connectivity index (χ2n) is 5.76. The Kier molecular flexibility index (Phi) is 5.84. The number of benzene rings is 1. The van der Waals surface area contributed by atoms with Gasteiger partial charge in [0.1, 0.15) is 0 Å². The molecule has 1 heterocycles. The fraction of sp³-hybridized carbons (Fsp3) is 0.529. The molecule has 2 rings (SSSR count). The third-order valence-electron chi connectivity index (χ3n) is 4.19. The maximum Gasteiger partial charge on any atom is 0.225 e. The molecule has 0 N–H and O–H groups in total. The molecule has 6 nitrogen and oxygen atoms in total. The molecule has 0 bridgehead atoms. The van der Waals surface area contributed by atoms with Crippen molar-refractivity contribution in [2.75, 3.05) is 40.4 Å². The van der Waals surface area contributed by atoms with Crippen LogP contribution in [-0.2, 0) is 16.0 Å². The molecule has 1 aliphatic rings. The third kappa shape index (κ3) is 4.15. The molecule has 6 heteroatoms. The number of hydrogen-bond acceptors (Lipinski definition) is 4. The van der Waals surface area contributed by atoms with E-state index in [0.29, 0.717) is 44.1 Å². The average molecular weight is 320 g/mol. The highest BCUT2D eigenvalue weighted by atomic mass is 16.5. The largest absolute Gasteiger partial charge is 0.493 e. The average Bonchev–Trinajstić information content (AvgIpc) is 2.60. The molecule has 1 unspecified atom stereocenters. The van der Waals surface area contributed by atoms with Crippen LogP contribution in [0, 0.1) is 5.92 Å². The van der Waals surface area contributed by atoms with Crippen molar-refractivity contribution in [3.63, 3.8) is 0 Å². The molecule has 2 amide bonds. The summed E-state index contributed by atoms with van der Waals surface area (Å²) >= 11 is 0. The van der Waals surface area contributed by atoms with Crippen molar-refractivity contribution in [2.45, 2.75) is 13.3 Å². The number of amides is 2. The summed E-state index contributed by atoms with van der Waals surface area (Å²) in [5.41, 5.74) is 1.04. The van der Waals surface area contributed by atoms with Crippen molar-refractivity contribution in [3.8, 4) is 11.5 Å². The van der Waals surface area contributed by atoms with Gasteiger partial charge in [0.05, 0.1) is 14.2 Å². The lowest BCUT2D eigenvalue weighted by molar-refractivity contribution is -0.138. The lowest BCUT2D eigenvalue weighted by atomic mass is 9.99. The zero-order chi connectivity index (χ0) is 16.8. The summed E-state index contributed by atoms with van der Waals surface area (Å²) in [5, 5.41) is 0. The van der Waals surface area contributed by atoms with Crippen LogP contribution in [-0.4, -0.2) is 62.5 Å². The van der Waals surface area contributed by atoms with Crippen LogP contribution >= 0.6 is 0 Å². The standard InChI is InChI=1S/C17H24N2O4/c1-13(17(21)19-8-6-18(12-20)7-9-19)10-14-4-5-15(22-2)16(11-14)23-3/h4-5,11-13H,6-10H2,1-3H3. The molecule has 1 aliphatic heterocycles. The van der Waals surface area contributed by atoms with Gasteiger partial charge in [-0.05, 0) is 24.1 Å². The quantitative estimate of drug-likeness (QED) is 0.739. The van der Waals surface area contributed by atoms with E-state index in [4.69, 9.17) is 9.47 Å². The Labute approximate surface area is 137 Å². The monoisotopic (exact) mass is 320 g/mol. The molecule has 0 aliphatic carbocycles. The van der Waals surface area contributed by atoms with E-state index < -0.39 is 0 Å². The SMILES string of the molecule is COc1ccc(CC(C)C(=O)N2CCN(C=O)CC2)cc1OC. The summed E-state index contributed by atoms with van der Waals surface area (Å²) < 4.78 is 10.5. The number of nitrogens with zero attached hydrogens (tertiary/aromatic N) is 2. The predicted molar refractivity (Wildman–Crippen MR) is 86.6 cm³/mol. The van der Waals surface area contributed by atoms with Gasteiger partial charge in [0.2, 0.25) is 12.3 Å². The Morgan fingerprint density at radius 1 is 1.17 bits per heavy atom. The van der Waals surface area contributed by atoms with Crippen LogP contribution in [0.3, 0.4) is 0 Å². The van der Waals surface area contributed by atoms with Crippen LogP contribution in [0.15, 0.2) is 18.2 Å². The highest BCUT2D eigenvalue weighted by Gasteiger charge is 2.24. The number of methoxy groups -OCH3 is 2. The Balaban J connectivity index is 1.97. The van der Waals surface area contributed by atoms with Crippen LogP contribution in [0.25, 0.3) is 0 Å². The van der Waals surface area contributed by atoms with E-state index in [1.807, 2.05) is 30.0 Å². The number of carbonyl (C=O) groups is 2. The maximum absolute atomic E-state index is 12.5. The van der Waals surface area contributed by atoms with E-state index in [-0.39, 0.29) is 11.8 Å². The van der Waals surface area contributed by atoms with Crippen LogP contribution in [0.4, 0.5) is 0 Å². The molecule has 0 radical (unpaired) electrons. The summed E-state index contributed by atoms with van der Waals surface area (Å²) in [7, 11) is 3.20. The first kappa shape index (κ1) is 17.1. The van der Waals surface area contributed by atoms with Crippen molar-refractivity contribution in [1.82, 2.24) is 9.80 Å². The first-order valence-electron chi connectivity index (χ1n) is 7.78. The Hall–Kier alpha value is -2.24. The number of ether oxygens (including phenoxy) is 2. The number of hydrogen-bond donors (Lipinski definition) is 0. The van der Waals surface area contributed by atoms with Crippen LogP contribution in [0.1, 0.15) is 12.5 Å². The smallest absolute Gasteiger partial charge is 0.225 e. The lowest BCUT2D eigenvalue weighted by Gasteiger charge is -2.34. The number of piperazine rings is 1. The lowest BCUT2D eigenvalue weighted by Crippen LogP contribution is -2.49. The maximum atomic E-state index is 12.5. The molecule has 1 aromatic carbocycles. The predicted octanol–water partition coefficient (Wildman–Crippen LogP) is 1.18. The fourth-order valence-electron chi connectivity index (χ4n) is 2.81. The molecule has 1 saturated heterocycles. The van der Waals surface area contributed by atoms with E-state index in [9.17, 15) is 9.59 Å². The van der Waals surface area contributed by atoms with E-state index in [0.717, 1.165) is 12.0 Å². The summed E-state index contributed by atoms with van der Waals surface area (Å²) in [6, 6.07) is 5.72. The zero-order valence-corrected chi connectivity index (χ0v) is 13.9. The van der Waals surface area contributed by atoms with E-state index >= 15 is 0 Å². The molecule has 1 fully saturated rings. The molecule has 1 atom stereocenters. The van der Waals surface area contributed by atoms with Crippen LogP contribution < -0.4 is 9.47 Å². The van der Waals surface area contributed by atoms with E-state index in [2.05, 4.69) is 0 Å². The van der Waals surface area contributed by atoms with Gasteiger partial charge in [-0.3, -0.25) is 9.59 Å². The van der Waals surface area contributed by atoms with Gasteiger partial charge in [-0.25, -0.2) is 0 Å². The highest BCUT2D eigenvalue weighted by Crippen LogP contribution is 2.28. The Bertz CT molecular complexity index is 554. The molecule has 1 aromatic rings. The first-order valence-corrected chi connectivity index (χ1v) is 7.78. The molecule has 0 aromatic heterocycles. The summed E-state index contributed by atoms with van der Waals surface area (Å²) in [5.74, 6) is 1.37. The Morgan fingerprint density at radius 2 is 1.83 bits per heavy atom. The minimum absolute atomic E-state index is 0.115. The van der Waals surface area contributed by atoms with Gasteiger partial charge < -0.3 is 19.3 Å². The molecule has 23 heavy (non-hydrogen) atoms. The van der Waals surface area contributed by atoms with Gasteiger partial charge in [-0.15, -0.1) is 0 Å². The Morgan fingerprint density at radius 3 is 2.39 bits per heavy atom. The minimum Gasteiger partial charge on any atom is -0.493 e. The number of carbonyl (C=O) groups excluding carboxylic acids is 2. The topological polar surface area (TPSA) is 59.1 Å². The second kappa shape index (κ2) is 7.85. The second-order valence-corrected chi connectivity index (χ2v) is 5.76. The molecule has 126 valence electrons. The minimum atomic E-state index is -0.115. The van der Waals surface area contributed by atoms with Gasteiger partial charge in [0.15, 0.2) is 11.5 Å². The van der Waals surface area contributed by atoms with Crippen molar-refractivity contribution in [2.24, 2.45) is 5.92 Å². The van der Waals surface area contributed by atoms with Crippen molar-refractivity contribution >= 4 is 12.3 Å². The first-order chi connectivity index (χ1) is 11.1.